The number of aryl methyl sites for hydroxylation is 1. The van der Waals surface area contributed by atoms with Gasteiger partial charge in [-0.05, 0) is 38.1 Å². The fourth-order valence-corrected chi connectivity index (χ4v) is 2.88. The second-order valence-electron chi connectivity index (χ2n) is 5.00. The van der Waals surface area contributed by atoms with Crippen LogP contribution in [0.3, 0.4) is 0 Å². The van der Waals surface area contributed by atoms with E-state index in [1.807, 2.05) is 31.2 Å². The van der Waals surface area contributed by atoms with E-state index < -0.39 is 16.9 Å². The van der Waals surface area contributed by atoms with E-state index in [9.17, 15) is 13.6 Å². The maximum atomic E-state index is 13.7. The first-order chi connectivity index (χ1) is 10.5. The van der Waals surface area contributed by atoms with Crippen LogP contribution in [0.5, 0.6) is 0 Å². The van der Waals surface area contributed by atoms with E-state index in [1.54, 1.807) is 6.92 Å². The molecule has 1 N–H and O–H groups in total. The van der Waals surface area contributed by atoms with Crippen molar-refractivity contribution in [2.45, 2.75) is 19.1 Å². The average Bonchev–Trinajstić information content (AvgIpc) is 2.47. The summed E-state index contributed by atoms with van der Waals surface area (Å²) < 4.78 is 27.3. The van der Waals surface area contributed by atoms with Gasteiger partial charge in [-0.15, -0.1) is 11.8 Å². The molecule has 1 atom stereocenters. The van der Waals surface area contributed by atoms with Gasteiger partial charge in [-0.3, -0.25) is 4.79 Å². The minimum absolute atomic E-state index is 0.00985. The van der Waals surface area contributed by atoms with Crippen LogP contribution in [0, 0.1) is 18.6 Å². The topological polar surface area (TPSA) is 29.1 Å². The van der Waals surface area contributed by atoms with Gasteiger partial charge in [-0.25, -0.2) is 8.78 Å². The first-order valence-electron chi connectivity index (χ1n) is 6.89. The summed E-state index contributed by atoms with van der Waals surface area (Å²) >= 11 is 1.20. The highest BCUT2D eigenvalue weighted by molar-refractivity contribution is 8.00. The second kappa shape index (κ2) is 7.40. The summed E-state index contributed by atoms with van der Waals surface area (Å²) in [7, 11) is 0. The molecule has 22 heavy (non-hydrogen) atoms. The van der Waals surface area contributed by atoms with Crippen molar-refractivity contribution in [3.05, 3.63) is 65.2 Å². The van der Waals surface area contributed by atoms with Crippen LogP contribution in [0.15, 0.2) is 42.5 Å². The Balaban J connectivity index is 1.92. The first kappa shape index (κ1) is 16.5. The van der Waals surface area contributed by atoms with Gasteiger partial charge in [0.15, 0.2) is 0 Å². The van der Waals surface area contributed by atoms with E-state index in [0.29, 0.717) is 5.69 Å². The first-order valence-corrected chi connectivity index (χ1v) is 7.94. The van der Waals surface area contributed by atoms with Gasteiger partial charge < -0.3 is 5.32 Å². The van der Waals surface area contributed by atoms with Gasteiger partial charge in [0.25, 0.3) is 0 Å². The lowest BCUT2D eigenvalue weighted by molar-refractivity contribution is -0.113. The van der Waals surface area contributed by atoms with Crippen molar-refractivity contribution in [1.82, 2.24) is 0 Å². The highest BCUT2D eigenvalue weighted by atomic mass is 32.2. The summed E-state index contributed by atoms with van der Waals surface area (Å²) in [4.78, 5) is 11.9. The average molecular weight is 321 g/mol. The molecule has 0 spiro atoms. The van der Waals surface area contributed by atoms with Gasteiger partial charge in [-0.2, -0.15) is 0 Å². The largest absolute Gasteiger partial charge is 0.325 e. The van der Waals surface area contributed by atoms with E-state index in [0.717, 1.165) is 5.56 Å². The highest BCUT2D eigenvalue weighted by Gasteiger charge is 2.17. The van der Waals surface area contributed by atoms with Crippen LogP contribution in [0.25, 0.3) is 0 Å². The molecule has 1 amide bonds. The third-order valence-electron chi connectivity index (χ3n) is 3.21. The number of hydrogen-bond acceptors (Lipinski definition) is 2. The molecule has 0 aromatic heterocycles. The molecule has 0 aliphatic carbocycles. The standard InChI is InChI=1S/C17H17F2NOS/c1-11-6-8-13(9-7-11)20-16(21)10-22-12(2)17-14(18)4-3-5-15(17)19/h3-9,12H,10H2,1-2H3,(H,20,21). The third kappa shape index (κ3) is 4.31. The quantitative estimate of drug-likeness (QED) is 0.864. The Morgan fingerprint density at radius 3 is 2.32 bits per heavy atom. The van der Waals surface area contributed by atoms with Crippen molar-refractivity contribution in [2.75, 3.05) is 11.1 Å². The number of carbonyl (C=O) groups is 1. The zero-order valence-corrected chi connectivity index (χ0v) is 13.2. The molecule has 0 bridgehead atoms. The molecule has 2 nitrogen and oxygen atoms in total. The molecule has 0 aliphatic heterocycles. The Morgan fingerprint density at radius 1 is 1.14 bits per heavy atom. The predicted octanol–water partition coefficient (Wildman–Crippen LogP) is 4.71. The molecule has 0 heterocycles. The van der Waals surface area contributed by atoms with Crippen LogP contribution < -0.4 is 5.32 Å². The van der Waals surface area contributed by atoms with Crippen molar-refractivity contribution in [3.63, 3.8) is 0 Å². The van der Waals surface area contributed by atoms with Crippen LogP contribution in [0.1, 0.15) is 23.3 Å². The number of halogens is 2. The van der Waals surface area contributed by atoms with Crippen molar-refractivity contribution in [2.24, 2.45) is 0 Å². The summed E-state index contributed by atoms with van der Waals surface area (Å²) in [5.41, 5.74) is 1.83. The van der Waals surface area contributed by atoms with E-state index in [2.05, 4.69) is 5.32 Å². The molecule has 0 saturated carbocycles. The molecule has 0 aliphatic rings. The van der Waals surface area contributed by atoms with Crippen LogP contribution in [-0.4, -0.2) is 11.7 Å². The number of rotatable bonds is 5. The van der Waals surface area contributed by atoms with E-state index in [-0.39, 0.29) is 17.2 Å². The molecule has 116 valence electrons. The minimum Gasteiger partial charge on any atom is -0.325 e. The van der Waals surface area contributed by atoms with Crippen molar-refractivity contribution < 1.29 is 13.6 Å². The van der Waals surface area contributed by atoms with Crippen molar-refractivity contribution >= 4 is 23.4 Å². The summed E-state index contributed by atoms with van der Waals surface area (Å²) in [6.07, 6.45) is 0. The number of amides is 1. The molecule has 2 rings (SSSR count). The number of thioether (sulfide) groups is 1. The summed E-state index contributed by atoms with van der Waals surface area (Å²) in [5.74, 6) is -1.24. The molecule has 0 fully saturated rings. The molecule has 2 aromatic carbocycles. The van der Waals surface area contributed by atoms with Crippen molar-refractivity contribution in [3.8, 4) is 0 Å². The molecule has 0 saturated heterocycles. The van der Waals surface area contributed by atoms with Gasteiger partial charge in [0.1, 0.15) is 11.6 Å². The Hall–Kier alpha value is -1.88. The van der Waals surface area contributed by atoms with Crippen LogP contribution in [0.2, 0.25) is 0 Å². The van der Waals surface area contributed by atoms with E-state index >= 15 is 0 Å². The summed E-state index contributed by atoms with van der Waals surface area (Å²) in [6, 6.07) is 11.2. The Bertz CT molecular complexity index is 638. The Morgan fingerprint density at radius 2 is 1.73 bits per heavy atom. The molecule has 2 aromatic rings. The molecule has 1 unspecified atom stereocenters. The molecule has 0 radical (unpaired) electrons. The molecule has 5 heteroatoms. The predicted molar refractivity (Wildman–Crippen MR) is 87.0 cm³/mol. The van der Waals surface area contributed by atoms with E-state index in [1.165, 1.54) is 30.0 Å². The number of benzene rings is 2. The number of carbonyl (C=O) groups excluding carboxylic acids is 1. The number of anilines is 1. The zero-order chi connectivity index (χ0) is 16.1. The van der Waals surface area contributed by atoms with Crippen LogP contribution in [-0.2, 0) is 4.79 Å². The Kier molecular flexibility index (Phi) is 5.55. The van der Waals surface area contributed by atoms with Gasteiger partial charge in [0, 0.05) is 16.5 Å². The SMILES string of the molecule is Cc1ccc(NC(=O)CSC(C)c2c(F)cccc2F)cc1. The van der Waals surface area contributed by atoms with Gasteiger partial charge in [0.05, 0.1) is 5.75 Å². The van der Waals surface area contributed by atoms with Crippen molar-refractivity contribution in [1.29, 1.82) is 0 Å². The van der Waals surface area contributed by atoms with Gasteiger partial charge in [0.2, 0.25) is 5.91 Å². The highest BCUT2D eigenvalue weighted by Crippen LogP contribution is 2.31. The van der Waals surface area contributed by atoms with Gasteiger partial charge >= 0.3 is 0 Å². The normalized spacial score (nSPS) is 12.0. The minimum atomic E-state index is -0.584. The lowest BCUT2D eigenvalue weighted by Crippen LogP contribution is -2.15. The maximum Gasteiger partial charge on any atom is 0.234 e. The van der Waals surface area contributed by atoms with Crippen LogP contribution in [0.4, 0.5) is 14.5 Å². The summed E-state index contributed by atoms with van der Waals surface area (Å²) in [6.45, 7) is 3.65. The number of nitrogens with one attached hydrogen (secondary N) is 1. The fraction of sp³-hybridized carbons (Fsp3) is 0.235. The summed E-state index contributed by atoms with van der Waals surface area (Å²) in [5, 5.41) is 2.32. The van der Waals surface area contributed by atoms with Crippen LogP contribution >= 0.6 is 11.8 Å². The second-order valence-corrected chi connectivity index (χ2v) is 6.33. The fourth-order valence-electron chi connectivity index (χ4n) is 2.02. The number of hydrogen-bond donors (Lipinski definition) is 1. The van der Waals surface area contributed by atoms with Gasteiger partial charge in [-0.1, -0.05) is 23.8 Å². The zero-order valence-electron chi connectivity index (χ0n) is 12.4. The smallest absolute Gasteiger partial charge is 0.234 e. The molecular weight excluding hydrogens is 304 g/mol. The third-order valence-corrected chi connectivity index (χ3v) is 4.37. The maximum absolute atomic E-state index is 13.7. The Labute approximate surface area is 132 Å². The monoisotopic (exact) mass is 321 g/mol. The molecular formula is C17H17F2NOS. The lowest BCUT2D eigenvalue weighted by atomic mass is 10.1. The van der Waals surface area contributed by atoms with E-state index in [4.69, 9.17) is 0 Å². The lowest BCUT2D eigenvalue weighted by Gasteiger charge is -2.13.